The smallest absolute Gasteiger partial charge is 0.190 e. The van der Waals surface area contributed by atoms with E-state index in [0.717, 1.165) is 49.9 Å². The third-order valence-corrected chi connectivity index (χ3v) is 3.58. The van der Waals surface area contributed by atoms with Crippen LogP contribution in [0.25, 0.3) is 0 Å². The van der Waals surface area contributed by atoms with Crippen LogP contribution in [0.2, 0.25) is 0 Å². The molecule has 0 atom stereocenters. The first-order chi connectivity index (χ1) is 12.3. The van der Waals surface area contributed by atoms with Crippen molar-refractivity contribution in [2.24, 2.45) is 4.99 Å². The minimum Gasteiger partial charge on any atom is -0.497 e. The van der Waals surface area contributed by atoms with Crippen LogP contribution < -0.4 is 20.1 Å². The molecule has 0 unspecified atom stereocenters. The second kappa shape index (κ2) is 13.3. The van der Waals surface area contributed by atoms with E-state index in [-0.39, 0.29) is 24.0 Å². The minimum atomic E-state index is 0. The lowest BCUT2D eigenvalue weighted by Gasteiger charge is -2.12. The third-order valence-electron chi connectivity index (χ3n) is 3.58. The van der Waals surface area contributed by atoms with E-state index in [4.69, 9.17) is 9.47 Å². The maximum atomic E-state index is 5.70. The number of aromatic nitrogens is 2. The van der Waals surface area contributed by atoms with Crippen molar-refractivity contribution >= 4 is 29.9 Å². The zero-order chi connectivity index (χ0) is 17.7. The molecule has 1 aromatic heterocycles. The van der Waals surface area contributed by atoms with Crippen LogP contribution in [0.5, 0.6) is 11.5 Å². The highest BCUT2D eigenvalue weighted by molar-refractivity contribution is 14.0. The van der Waals surface area contributed by atoms with E-state index in [1.165, 1.54) is 0 Å². The summed E-state index contributed by atoms with van der Waals surface area (Å²) in [5, 5.41) is 10.8. The molecule has 144 valence electrons. The van der Waals surface area contributed by atoms with E-state index >= 15 is 0 Å². The van der Waals surface area contributed by atoms with Crippen molar-refractivity contribution < 1.29 is 9.47 Å². The number of aryl methyl sites for hydroxylation is 1. The molecule has 0 bridgehead atoms. The molecule has 0 aliphatic carbocycles. The number of methoxy groups -OCH3 is 1. The van der Waals surface area contributed by atoms with Crippen molar-refractivity contribution in [3.8, 4) is 11.5 Å². The molecular weight excluding hydrogens is 445 g/mol. The van der Waals surface area contributed by atoms with Gasteiger partial charge in [-0.2, -0.15) is 5.10 Å². The van der Waals surface area contributed by atoms with E-state index in [9.17, 15) is 0 Å². The van der Waals surface area contributed by atoms with Crippen LogP contribution in [0.15, 0.2) is 47.7 Å². The van der Waals surface area contributed by atoms with Crippen molar-refractivity contribution in [1.29, 1.82) is 0 Å². The van der Waals surface area contributed by atoms with Gasteiger partial charge in [-0.05, 0) is 43.2 Å². The largest absolute Gasteiger partial charge is 0.497 e. The lowest BCUT2D eigenvalue weighted by Crippen LogP contribution is -2.38. The van der Waals surface area contributed by atoms with E-state index in [2.05, 4.69) is 20.7 Å². The van der Waals surface area contributed by atoms with Gasteiger partial charge in [0, 0.05) is 39.1 Å². The average Bonchev–Trinajstić information content (AvgIpc) is 3.17. The Morgan fingerprint density at radius 1 is 1.12 bits per heavy atom. The van der Waals surface area contributed by atoms with Crippen LogP contribution in [-0.4, -0.2) is 49.6 Å². The first-order valence-corrected chi connectivity index (χ1v) is 8.50. The molecule has 0 saturated heterocycles. The maximum Gasteiger partial charge on any atom is 0.190 e. The molecule has 0 aliphatic rings. The molecular formula is C18H28IN5O2. The predicted molar refractivity (Wildman–Crippen MR) is 115 cm³/mol. The number of aliphatic imine (C=N–C) groups is 1. The van der Waals surface area contributed by atoms with Gasteiger partial charge in [0.15, 0.2) is 5.96 Å². The Kier molecular flexibility index (Phi) is 11.3. The number of hydrogen-bond donors (Lipinski definition) is 2. The standard InChI is InChI=1S/C18H27N5O2.HI/c1-19-18(20-10-3-13-23-14-4-12-22-23)21-11-5-15-25-17-8-6-16(24-2)7-9-17;/h4,6-9,12,14H,3,5,10-11,13,15H2,1-2H3,(H2,19,20,21);1H. The first kappa shape index (κ1) is 22.1. The van der Waals surface area contributed by atoms with Gasteiger partial charge >= 0.3 is 0 Å². The van der Waals surface area contributed by atoms with Crippen molar-refractivity contribution in [2.75, 3.05) is 33.9 Å². The molecule has 0 amide bonds. The molecule has 0 radical (unpaired) electrons. The summed E-state index contributed by atoms with van der Waals surface area (Å²) < 4.78 is 12.7. The van der Waals surface area contributed by atoms with E-state index in [0.29, 0.717) is 6.61 Å². The highest BCUT2D eigenvalue weighted by Gasteiger charge is 1.99. The van der Waals surface area contributed by atoms with Gasteiger partial charge < -0.3 is 20.1 Å². The Labute approximate surface area is 172 Å². The molecule has 1 aromatic carbocycles. The summed E-state index contributed by atoms with van der Waals surface area (Å²) in [7, 11) is 3.43. The molecule has 2 aromatic rings. The number of halogens is 1. The summed E-state index contributed by atoms with van der Waals surface area (Å²) in [6.45, 7) is 3.19. The summed E-state index contributed by atoms with van der Waals surface area (Å²) in [5.41, 5.74) is 0. The Morgan fingerprint density at radius 2 is 1.81 bits per heavy atom. The first-order valence-electron chi connectivity index (χ1n) is 8.50. The molecule has 7 nitrogen and oxygen atoms in total. The van der Waals surface area contributed by atoms with Crippen molar-refractivity contribution in [2.45, 2.75) is 19.4 Å². The Morgan fingerprint density at radius 3 is 2.42 bits per heavy atom. The fraction of sp³-hybridized carbons (Fsp3) is 0.444. The van der Waals surface area contributed by atoms with Crippen LogP contribution in [0.1, 0.15) is 12.8 Å². The van der Waals surface area contributed by atoms with Gasteiger partial charge in [0.05, 0.1) is 13.7 Å². The Bertz CT molecular complexity index is 617. The van der Waals surface area contributed by atoms with Crippen molar-refractivity contribution in [1.82, 2.24) is 20.4 Å². The summed E-state index contributed by atoms with van der Waals surface area (Å²) in [4.78, 5) is 4.21. The molecule has 0 fully saturated rings. The molecule has 2 N–H and O–H groups in total. The van der Waals surface area contributed by atoms with E-state index in [1.807, 2.05) is 41.2 Å². The van der Waals surface area contributed by atoms with Crippen LogP contribution in [0, 0.1) is 0 Å². The molecule has 8 heteroatoms. The van der Waals surface area contributed by atoms with Gasteiger partial charge in [0.25, 0.3) is 0 Å². The number of hydrogen-bond acceptors (Lipinski definition) is 4. The summed E-state index contributed by atoms with van der Waals surface area (Å²) >= 11 is 0. The third kappa shape index (κ3) is 8.41. The fourth-order valence-corrected chi connectivity index (χ4v) is 2.24. The summed E-state index contributed by atoms with van der Waals surface area (Å²) in [6, 6.07) is 9.53. The van der Waals surface area contributed by atoms with E-state index < -0.39 is 0 Å². The van der Waals surface area contributed by atoms with Gasteiger partial charge in [-0.15, -0.1) is 24.0 Å². The average molecular weight is 473 g/mol. The second-order valence-corrected chi connectivity index (χ2v) is 5.43. The minimum absolute atomic E-state index is 0. The van der Waals surface area contributed by atoms with Gasteiger partial charge in [0.1, 0.15) is 11.5 Å². The van der Waals surface area contributed by atoms with E-state index in [1.54, 1.807) is 20.4 Å². The molecule has 1 heterocycles. The molecule has 26 heavy (non-hydrogen) atoms. The molecule has 0 aliphatic heterocycles. The lowest BCUT2D eigenvalue weighted by molar-refractivity contribution is 0.310. The zero-order valence-electron chi connectivity index (χ0n) is 15.4. The van der Waals surface area contributed by atoms with Crippen LogP contribution >= 0.6 is 24.0 Å². The summed E-state index contributed by atoms with van der Waals surface area (Å²) in [5.74, 6) is 2.49. The van der Waals surface area contributed by atoms with Gasteiger partial charge in [-0.3, -0.25) is 9.67 Å². The zero-order valence-corrected chi connectivity index (χ0v) is 17.7. The number of guanidine groups is 1. The van der Waals surface area contributed by atoms with Crippen LogP contribution in [0.4, 0.5) is 0 Å². The van der Waals surface area contributed by atoms with Crippen LogP contribution in [0.3, 0.4) is 0 Å². The van der Waals surface area contributed by atoms with Crippen molar-refractivity contribution in [3.05, 3.63) is 42.7 Å². The fourth-order valence-electron chi connectivity index (χ4n) is 2.24. The van der Waals surface area contributed by atoms with Gasteiger partial charge in [-0.25, -0.2) is 0 Å². The monoisotopic (exact) mass is 473 g/mol. The normalized spacial score (nSPS) is 10.8. The quantitative estimate of drug-likeness (QED) is 0.240. The number of benzene rings is 1. The topological polar surface area (TPSA) is 72.7 Å². The van der Waals surface area contributed by atoms with Crippen molar-refractivity contribution in [3.63, 3.8) is 0 Å². The Balaban J connectivity index is 0.00000338. The Hall–Kier alpha value is -1.97. The lowest BCUT2D eigenvalue weighted by atomic mass is 10.3. The molecule has 0 spiro atoms. The number of rotatable bonds is 10. The van der Waals surface area contributed by atoms with Gasteiger partial charge in [0.2, 0.25) is 0 Å². The summed E-state index contributed by atoms with van der Waals surface area (Å²) in [6.07, 6.45) is 5.64. The molecule has 2 rings (SSSR count). The molecule has 0 saturated carbocycles. The number of ether oxygens (including phenoxy) is 2. The second-order valence-electron chi connectivity index (χ2n) is 5.43. The predicted octanol–water partition coefficient (Wildman–Crippen LogP) is 2.53. The highest BCUT2D eigenvalue weighted by atomic mass is 127. The number of nitrogens with zero attached hydrogens (tertiary/aromatic N) is 3. The number of nitrogens with one attached hydrogen (secondary N) is 2. The highest BCUT2D eigenvalue weighted by Crippen LogP contribution is 2.16. The van der Waals surface area contributed by atoms with Crippen LogP contribution in [-0.2, 0) is 6.54 Å². The maximum absolute atomic E-state index is 5.70. The SMILES string of the molecule is CN=C(NCCCOc1ccc(OC)cc1)NCCCn1cccn1.I. The van der Waals surface area contributed by atoms with Gasteiger partial charge in [-0.1, -0.05) is 0 Å².